The maximum absolute atomic E-state index is 11.0. The van der Waals surface area contributed by atoms with E-state index in [9.17, 15) is 4.79 Å². The first-order valence-electron chi connectivity index (χ1n) is 6.12. The molecule has 0 amide bonds. The van der Waals surface area contributed by atoms with Crippen molar-refractivity contribution in [3.63, 3.8) is 0 Å². The van der Waals surface area contributed by atoms with Crippen LogP contribution in [0, 0.1) is 0 Å². The molecule has 0 radical (unpaired) electrons. The van der Waals surface area contributed by atoms with E-state index in [1.165, 1.54) is 38.5 Å². The fraction of sp³-hybridized carbons (Fsp3) is 0.769. The van der Waals surface area contributed by atoms with Crippen LogP contribution in [0.3, 0.4) is 0 Å². The number of hydrogen-bond donors (Lipinski definition) is 0. The highest BCUT2D eigenvalue weighted by Gasteiger charge is 2.26. The molecule has 0 bridgehead atoms. The Hall–Kier alpha value is -0.790. The zero-order chi connectivity index (χ0) is 11.1. The Morgan fingerprint density at radius 3 is 2.53 bits per heavy atom. The summed E-state index contributed by atoms with van der Waals surface area (Å²) in [5, 5.41) is 0. The summed E-state index contributed by atoms with van der Waals surface area (Å²) in [7, 11) is 0. The lowest BCUT2D eigenvalue weighted by molar-refractivity contribution is -0.139. The molecule has 0 aromatic carbocycles. The van der Waals surface area contributed by atoms with E-state index in [1.54, 1.807) is 0 Å². The van der Waals surface area contributed by atoms with E-state index >= 15 is 0 Å². The van der Waals surface area contributed by atoms with Crippen LogP contribution in [0.5, 0.6) is 0 Å². The molecule has 1 aliphatic heterocycles. The fourth-order valence-corrected chi connectivity index (χ4v) is 1.95. The van der Waals surface area contributed by atoms with Crippen LogP contribution in [-0.2, 0) is 9.53 Å². The SMILES string of the molecule is C=C1C[C@H](CCCCCCCC)OC1=O. The number of rotatable bonds is 7. The van der Waals surface area contributed by atoms with E-state index in [-0.39, 0.29) is 12.1 Å². The van der Waals surface area contributed by atoms with Gasteiger partial charge in [0.05, 0.1) is 0 Å². The number of cyclic esters (lactones) is 1. The summed E-state index contributed by atoms with van der Waals surface area (Å²) in [6, 6.07) is 0. The van der Waals surface area contributed by atoms with E-state index in [0.717, 1.165) is 12.8 Å². The molecular weight excluding hydrogens is 188 g/mol. The van der Waals surface area contributed by atoms with Crippen molar-refractivity contribution in [3.05, 3.63) is 12.2 Å². The molecule has 2 heteroatoms. The molecule has 1 rings (SSSR count). The summed E-state index contributed by atoms with van der Waals surface area (Å²) < 4.78 is 5.16. The molecule has 1 fully saturated rings. The van der Waals surface area contributed by atoms with Gasteiger partial charge in [0.25, 0.3) is 0 Å². The van der Waals surface area contributed by atoms with Gasteiger partial charge in [-0.05, 0) is 12.8 Å². The Kier molecular flexibility index (Phi) is 5.44. The molecule has 0 N–H and O–H groups in total. The van der Waals surface area contributed by atoms with Crippen LogP contribution in [0.15, 0.2) is 12.2 Å². The lowest BCUT2D eigenvalue weighted by atomic mass is 10.0. The second-order valence-electron chi connectivity index (χ2n) is 4.39. The van der Waals surface area contributed by atoms with Crippen LogP contribution in [0.25, 0.3) is 0 Å². The summed E-state index contributed by atoms with van der Waals surface area (Å²) >= 11 is 0. The topological polar surface area (TPSA) is 26.3 Å². The van der Waals surface area contributed by atoms with Crippen molar-refractivity contribution >= 4 is 5.97 Å². The van der Waals surface area contributed by atoms with Crippen LogP contribution in [-0.4, -0.2) is 12.1 Å². The predicted molar refractivity (Wildman–Crippen MR) is 61.6 cm³/mol. The van der Waals surface area contributed by atoms with E-state index in [2.05, 4.69) is 13.5 Å². The van der Waals surface area contributed by atoms with Gasteiger partial charge < -0.3 is 4.74 Å². The van der Waals surface area contributed by atoms with Crippen LogP contribution in [0.2, 0.25) is 0 Å². The summed E-state index contributed by atoms with van der Waals surface area (Å²) in [5.41, 5.74) is 0.644. The highest BCUT2D eigenvalue weighted by Crippen LogP contribution is 2.23. The number of hydrogen-bond acceptors (Lipinski definition) is 2. The average Bonchev–Trinajstić information content (AvgIpc) is 2.52. The molecule has 1 saturated heterocycles. The summed E-state index contributed by atoms with van der Waals surface area (Å²) in [4.78, 5) is 11.0. The smallest absolute Gasteiger partial charge is 0.333 e. The lowest BCUT2D eigenvalue weighted by Crippen LogP contribution is -2.06. The Balaban J connectivity index is 1.97. The first kappa shape index (κ1) is 12.3. The highest BCUT2D eigenvalue weighted by molar-refractivity contribution is 5.89. The van der Waals surface area contributed by atoms with Crippen molar-refractivity contribution in [2.75, 3.05) is 0 Å². The first-order chi connectivity index (χ1) is 7.24. The second kappa shape index (κ2) is 6.65. The van der Waals surface area contributed by atoms with Crippen molar-refractivity contribution in [1.29, 1.82) is 0 Å². The molecule has 15 heavy (non-hydrogen) atoms. The van der Waals surface area contributed by atoms with Gasteiger partial charge in [0.1, 0.15) is 6.10 Å². The molecule has 0 unspecified atom stereocenters. The third-order valence-corrected chi connectivity index (χ3v) is 2.92. The first-order valence-corrected chi connectivity index (χ1v) is 6.12. The molecule has 0 saturated carbocycles. The minimum Gasteiger partial charge on any atom is -0.459 e. The van der Waals surface area contributed by atoms with Crippen molar-refractivity contribution in [1.82, 2.24) is 0 Å². The maximum Gasteiger partial charge on any atom is 0.333 e. The van der Waals surface area contributed by atoms with Gasteiger partial charge in [-0.25, -0.2) is 4.79 Å². The molecule has 1 heterocycles. The molecule has 0 aromatic heterocycles. The van der Waals surface area contributed by atoms with Gasteiger partial charge in [0, 0.05) is 12.0 Å². The quantitative estimate of drug-likeness (QED) is 0.364. The molecule has 0 aliphatic carbocycles. The van der Waals surface area contributed by atoms with Crippen molar-refractivity contribution in [2.24, 2.45) is 0 Å². The van der Waals surface area contributed by atoms with E-state index in [0.29, 0.717) is 5.57 Å². The third-order valence-electron chi connectivity index (χ3n) is 2.92. The van der Waals surface area contributed by atoms with E-state index in [4.69, 9.17) is 4.74 Å². The van der Waals surface area contributed by atoms with Crippen LogP contribution >= 0.6 is 0 Å². The van der Waals surface area contributed by atoms with Crippen molar-refractivity contribution in [3.8, 4) is 0 Å². The Bertz CT molecular complexity index is 205. The third kappa shape index (κ3) is 4.50. The Labute approximate surface area is 92.7 Å². The zero-order valence-corrected chi connectivity index (χ0v) is 9.76. The molecule has 0 spiro atoms. The number of ether oxygens (including phenoxy) is 1. The minimum absolute atomic E-state index is 0.121. The molecule has 1 aliphatic rings. The number of unbranched alkanes of at least 4 members (excludes halogenated alkanes) is 5. The molecule has 86 valence electrons. The van der Waals surface area contributed by atoms with Crippen LogP contribution < -0.4 is 0 Å². The normalized spacial score (nSPS) is 20.7. The average molecular weight is 210 g/mol. The minimum atomic E-state index is -0.189. The van der Waals surface area contributed by atoms with Crippen LogP contribution in [0.4, 0.5) is 0 Å². The molecular formula is C13H22O2. The second-order valence-corrected chi connectivity index (χ2v) is 4.39. The van der Waals surface area contributed by atoms with E-state index in [1.807, 2.05) is 0 Å². The lowest BCUT2D eigenvalue weighted by Gasteiger charge is -2.07. The van der Waals surface area contributed by atoms with Gasteiger partial charge in [-0.15, -0.1) is 0 Å². The van der Waals surface area contributed by atoms with Gasteiger partial charge in [-0.2, -0.15) is 0 Å². The van der Waals surface area contributed by atoms with E-state index < -0.39 is 0 Å². The Morgan fingerprint density at radius 1 is 1.27 bits per heavy atom. The highest BCUT2D eigenvalue weighted by atomic mass is 16.5. The molecule has 2 nitrogen and oxygen atoms in total. The summed E-state index contributed by atoms with van der Waals surface area (Å²) in [6.45, 7) is 5.91. The molecule has 1 atom stereocenters. The monoisotopic (exact) mass is 210 g/mol. The Morgan fingerprint density at radius 2 is 1.93 bits per heavy atom. The summed E-state index contributed by atoms with van der Waals surface area (Å²) in [5.74, 6) is -0.189. The van der Waals surface area contributed by atoms with Crippen molar-refractivity contribution in [2.45, 2.75) is 64.4 Å². The largest absolute Gasteiger partial charge is 0.459 e. The number of carbonyl (C=O) groups excluding carboxylic acids is 1. The van der Waals surface area contributed by atoms with Gasteiger partial charge in [-0.1, -0.05) is 45.6 Å². The van der Waals surface area contributed by atoms with Gasteiger partial charge in [0.15, 0.2) is 0 Å². The van der Waals surface area contributed by atoms with Gasteiger partial charge in [0.2, 0.25) is 0 Å². The van der Waals surface area contributed by atoms with Gasteiger partial charge in [-0.3, -0.25) is 0 Å². The zero-order valence-electron chi connectivity index (χ0n) is 9.76. The number of carbonyl (C=O) groups is 1. The fourth-order valence-electron chi connectivity index (χ4n) is 1.95. The molecule has 0 aromatic rings. The predicted octanol–water partition coefficient (Wildman–Crippen LogP) is 3.61. The van der Waals surface area contributed by atoms with Gasteiger partial charge >= 0.3 is 5.97 Å². The maximum atomic E-state index is 11.0. The van der Waals surface area contributed by atoms with Crippen LogP contribution in [0.1, 0.15) is 58.3 Å². The number of esters is 1. The van der Waals surface area contributed by atoms with Crippen molar-refractivity contribution < 1.29 is 9.53 Å². The summed E-state index contributed by atoms with van der Waals surface area (Å²) in [6.07, 6.45) is 9.61. The standard InChI is InChI=1S/C13H22O2/c1-3-4-5-6-7-8-9-12-10-11(2)13(14)15-12/h12H,2-10H2,1H3/t12-/m0/s1.